The number of hydrogen-bond acceptors (Lipinski definition) is 2. The normalized spacial score (nSPS) is 32.8. The minimum atomic E-state index is -0.122. The molecule has 0 radical (unpaired) electrons. The van der Waals surface area contributed by atoms with Gasteiger partial charge in [-0.25, -0.2) is 0 Å². The molecule has 1 saturated carbocycles. The standard InChI is InChI=1S/C11H23NO/c1-12-10-8-6-4-2-3-5-7-9-11(10)13/h10-13H,2-9H2,1H3/t10-,11-/m0/s1. The number of hydrogen-bond donors (Lipinski definition) is 2. The van der Waals surface area contributed by atoms with Gasteiger partial charge in [0.05, 0.1) is 6.10 Å². The topological polar surface area (TPSA) is 32.3 Å². The summed E-state index contributed by atoms with van der Waals surface area (Å²) in [6, 6.07) is 0.332. The first-order chi connectivity index (χ1) is 6.34. The monoisotopic (exact) mass is 185 g/mol. The van der Waals surface area contributed by atoms with Crippen molar-refractivity contribution in [2.45, 2.75) is 63.5 Å². The summed E-state index contributed by atoms with van der Waals surface area (Å²) in [7, 11) is 1.96. The largest absolute Gasteiger partial charge is 0.392 e. The SMILES string of the molecule is CN[C@H]1CCCCCCCC[C@@H]1O. The molecule has 0 bridgehead atoms. The van der Waals surface area contributed by atoms with E-state index in [0.29, 0.717) is 6.04 Å². The average Bonchev–Trinajstić information content (AvgIpc) is 2.16. The summed E-state index contributed by atoms with van der Waals surface area (Å²) >= 11 is 0. The van der Waals surface area contributed by atoms with Crippen molar-refractivity contribution in [3.63, 3.8) is 0 Å². The van der Waals surface area contributed by atoms with E-state index in [1.54, 1.807) is 0 Å². The molecular formula is C11H23NO. The zero-order valence-corrected chi connectivity index (χ0v) is 8.76. The summed E-state index contributed by atoms with van der Waals surface area (Å²) in [6.45, 7) is 0. The lowest BCUT2D eigenvalue weighted by Gasteiger charge is -2.23. The molecule has 0 aromatic rings. The van der Waals surface area contributed by atoms with Gasteiger partial charge < -0.3 is 10.4 Å². The molecule has 2 N–H and O–H groups in total. The average molecular weight is 185 g/mol. The number of aliphatic hydroxyl groups excluding tert-OH is 1. The molecule has 78 valence electrons. The molecule has 1 aliphatic rings. The van der Waals surface area contributed by atoms with E-state index in [1.807, 2.05) is 7.05 Å². The maximum atomic E-state index is 9.83. The first kappa shape index (κ1) is 11.0. The van der Waals surface area contributed by atoms with E-state index in [-0.39, 0.29) is 6.10 Å². The molecule has 0 amide bonds. The van der Waals surface area contributed by atoms with E-state index in [0.717, 1.165) is 12.8 Å². The Balaban J connectivity index is 2.32. The van der Waals surface area contributed by atoms with E-state index < -0.39 is 0 Å². The molecule has 2 atom stereocenters. The number of aliphatic hydroxyl groups is 1. The van der Waals surface area contributed by atoms with E-state index in [2.05, 4.69) is 5.32 Å². The second-order valence-electron chi connectivity index (χ2n) is 4.16. The highest BCUT2D eigenvalue weighted by Crippen LogP contribution is 2.17. The third-order valence-corrected chi connectivity index (χ3v) is 3.10. The fourth-order valence-electron chi connectivity index (χ4n) is 2.16. The lowest BCUT2D eigenvalue weighted by Crippen LogP contribution is -2.37. The Kier molecular flexibility index (Phi) is 5.40. The Bertz CT molecular complexity index is 127. The Morgan fingerprint density at radius 3 is 2.08 bits per heavy atom. The van der Waals surface area contributed by atoms with Crippen molar-refractivity contribution in [3.05, 3.63) is 0 Å². The quantitative estimate of drug-likeness (QED) is 0.655. The zero-order valence-electron chi connectivity index (χ0n) is 8.76. The van der Waals surface area contributed by atoms with Gasteiger partial charge in [-0.05, 0) is 19.9 Å². The second-order valence-corrected chi connectivity index (χ2v) is 4.16. The molecule has 0 aromatic carbocycles. The fraction of sp³-hybridized carbons (Fsp3) is 1.00. The molecule has 0 spiro atoms. The van der Waals surface area contributed by atoms with Gasteiger partial charge in [0.25, 0.3) is 0 Å². The molecule has 1 fully saturated rings. The Hall–Kier alpha value is -0.0800. The van der Waals surface area contributed by atoms with Crippen molar-refractivity contribution in [2.75, 3.05) is 7.05 Å². The molecule has 1 aliphatic carbocycles. The Morgan fingerprint density at radius 1 is 0.923 bits per heavy atom. The van der Waals surface area contributed by atoms with Crippen LogP contribution in [0, 0.1) is 0 Å². The highest BCUT2D eigenvalue weighted by molar-refractivity contribution is 4.75. The number of likely N-dealkylation sites (N-methyl/N-ethyl adjacent to an activating group) is 1. The van der Waals surface area contributed by atoms with Crippen molar-refractivity contribution >= 4 is 0 Å². The molecule has 0 saturated heterocycles. The van der Waals surface area contributed by atoms with Crippen LogP contribution >= 0.6 is 0 Å². The zero-order chi connectivity index (χ0) is 9.52. The summed E-state index contributed by atoms with van der Waals surface area (Å²) in [5, 5.41) is 13.0. The first-order valence-corrected chi connectivity index (χ1v) is 5.70. The van der Waals surface area contributed by atoms with Crippen molar-refractivity contribution < 1.29 is 5.11 Å². The maximum absolute atomic E-state index is 9.83. The molecular weight excluding hydrogens is 162 g/mol. The number of rotatable bonds is 1. The minimum Gasteiger partial charge on any atom is -0.392 e. The fourth-order valence-corrected chi connectivity index (χ4v) is 2.16. The van der Waals surface area contributed by atoms with Crippen molar-refractivity contribution in [1.29, 1.82) is 0 Å². The van der Waals surface area contributed by atoms with Crippen LogP contribution in [0.4, 0.5) is 0 Å². The van der Waals surface area contributed by atoms with Gasteiger partial charge >= 0.3 is 0 Å². The van der Waals surface area contributed by atoms with Gasteiger partial charge in [0.15, 0.2) is 0 Å². The van der Waals surface area contributed by atoms with Crippen LogP contribution in [0.25, 0.3) is 0 Å². The summed E-state index contributed by atoms with van der Waals surface area (Å²) in [6.07, 6.45) is 9.83. The molecule has 0 aliphatic heterocycles. The highest BCUT2D eigenvalue weighted by atomic mass is 16.3. The molecule has 13 heavy (non-hydrogen) atoms. The molecule has 2 heteroatoms. The van der Waals surface area contributed by atoms with Crippen LogP contribution < -0.4 is 5.32 Å². The van der Waals surface area contributed by atoms with Gasteiger partial charge in [0, 0.05) is 6.04 Å². The van der Waals surface area contributed by atoms with Crippen molar-refractivity contribution in [3.8, 4) is 0 Å². The van der Waals surface area contributed by atoms with E-state index >= 15 is 0 Å². The summed E-state index contributed by atoms with van der Waals surface area (Å²) < 4.78 is 0. The van der Waals surface area contributed by atoms with Gasteiger partial charge in [-0.1, -0.05) is 38.5 Å². The van der Waals surface area contributed by atoms with E-state index in [1.165, 1.54) is 38.5 Å². The van der Waals surface area contributed by atoms with Gasteiger partial charge in [-0.3, -0.25) is 0 Å². The van der Waals surface area contributed by atoms with Crippen LogP contribution in [0.15, 0.2) is 0 Å². The van der Waals surface area contributed by atoms with Crippen LogP contribution in [0.3, 0.4) is 0 Å². The van der Waals surface area contributed by atoms with E-state index in [9.17, 15) is 5.11 Å². The third kappa shape index (κ3) is 4.10. The number of nitrogens with one attached hydrogen (secondary N) is 1. The van der Waals surface area contributed by atoms with Gasteiger partial charge in [-0.2, -0.15) is 0 Å². The molecule has 1 rings (SSSR count). The van der Waals surface area contributed by atoms with Crippen LogP contribution in [-0.4, -0.2) is 24.3 Å². The maximum Gasteiger partial charge on any atom is 0.0693 e. The smallest absolute Gasteiger partial charge is 0.0693 e. The second kappa shape index (κ2) is 6.39. The molecule has 2 nitrogen and oxygen atoms in total. The van der Waals surface area contributed by atoms with Crippen LogP contribution in [0.5, 0.6) is 0 Å². The summed E-state index contributed by atoms with van der Waals surface area (Å²) in [5.74, 6) is 0. The van der Waals surface area contributed by atoms with Gasteiger partial charge in [0.2, 0.25) is 0 Å². The lowest BCUT2D eigenvalue weighted by atomic mass is 9.95. The third-order valence-electron chi connectivity index (χ3n) is 3.10. The van der Waals surface area contributed by atoms with Gasteiger partial charge in [-0.15, -0.1) is 0 Å². The Morgan fingerprint density at radius 2 is 1.46 bits per heavy atom. The predicted octanol–water partition coefficient (Wildman–Crippen LogP) is 2.07. The molecule has 0 aromatic heterocycles. The van der Waals surface area contributed by atoms with Gasteiger partial charge in [0.1, 0.15) is 0 Å². The summed E-state index contributed by atoms with van der Waals surface area (Å²) in [4.78, 5) is 0. The van der Waals surface area contributed by atoms with Crippen molar-refractivity contribution in [2.24, 2.45) is 0 Å². The van der Waals surface area contributed by atoms with E-state index in [4.69, 9.17) is 0 Å². The first-order valence-electron chi connectivity index (χ1n) is 5.70. The summed E-state index contributed by atoms with van der Waals surface area (Å²) in [5.41, 5.74) is 0. The molecule has 0 heterocycles. The van der Waals surface area contributed by atoms with Crippen LogP contribution in [0.2, 0.25) is 0 Å². The van der Waals surface area contributed by atoms with Crippen LogP contribution in [0.1, 0.15) is 51.4 Å². The van der Waals surface area contributed by atoms with Crippen LogP contribution in [-0.2, 0) is 0 Å². The predicted molar refractivity (Wildman–Crippen MR) is 55.8 cm³/mol. The molecule has 0 unspecified atom stereocenters. The van der Waals surface area contributed by atoms with Crippen molar-refractivity contribution in [1.82, 2.24) is 5.32 Å². The highest BCUT2D eigenvalue weighted by Gasteiger charge is 2.16. The minimum absolute atomic E-state index is 0.122. The Labute approximate surface area is 81.7 Å². The lowest BCUT2D eigenvalue weighted by molar-refractivity contribution is 0.111.